The number of halogens is 1. The van der Waals surface area contributed by atoms with E-state index in [4.69, 9.17) is 11.6 Å². The number of nitrogens with one attached hydrogen (secondary N) is 2. The van der Waals surface area contributed by atoms with Gasteiger partial charge in [0.05, 0.1) is 5.60 Å². The van der Waals surface area contributed by atoms with Crippen LogP contribution in [-0.2, 0) is 22.4 Å². The second-order valence-corrected chi connectivity index (χ2v) is 6.88. The number of aliphatic hydroxyl groups is 1. The molecule has 0 aromatic heterocycles. The third-order valence-corrected chi connectivity index (χ3v) is 4.62. The first-order chi connectivity index (χ1) is 11.9. The lowest BCUT2D eigenvalue weighted by Gasteiger charge is -2.22. The van der Waals surface area contributed by atoms with E-state index in [1.807, 2.05) is 31.2 Å². The lowest BCUT2D eigenvalue weighted by Crippen LogP contribution is -2.46. The molecule has 0 aliphatic heterocycles. The number of carbonyl (C=O) groups excluding carboxylic acids is 2. The summed E-state index contributed by atoms with van der Waals surface area (Å²) >= 11 is 5.90. The van der Waals surface area contributed by atoms with Crippen molar-refractivity contribution in [2.75, 3.05) is 11.9 Å². The summed E-state index contributed by atoms with van der Waals surface area (Å²) in [5.74, 6) is -1.58. The Labute approximate surface area is 151 Å². The van der Waals surface area contributed by atoms with E-state index < -0.39 is 17.4 Å². The Balaban J connectivity index is 1.58. The SMILES string of the molecule is Cc1ccc(Cl)cc1NC(=O)C(=O)NCC1(O)Cc2ccccc2C1. The highest BCUT2D eigenvalue weighted by molar-refractivity contribution is 6.40. The Bertz CT molecular complexity index is 810. The van der Waals surface area contributed by atoms with Crippen molar-refractivity contribution >= 4 is 29.1 Å². The number of amides is 2. The van der Waals surface area contributed by atoms with E-state index >= 15 is 0 Å². The monoisotopic (exact) mass is 358 g/mol. The Morgan fingerprint density at radius 1 is 1.12 bits per heavy atom. The maximum absolute atomic E-state index is 12.1. The summed E-state index contributed by atoms with van der Waals surface area (Å²) in [7, 11) is 0. The molecule has 2 aromatic carbocycles. The van der Waals surface area contributed by atoms with Crippen LogP contribution in [0.2, 0.25) is 5.02 Å². The molecule has 0 fully saturated rings. The van der Waals surface area contributed by atoms with Crippen molar-refractivity contribution in [3.05, 3.63) is 64.2 Å². The summed E-state index contributed by atoms with van der Waals surface area (Å²) in [5.41, 5.74) is 2.36. The molecule has 0 saturated carbocycles. The van der Waals surface area contributed by atoms with Crippen LogP contribution in [0.4, 0.5) is 5.69 Å². The molecule has 0 atom stereocenters. The molecule has 1 aliphatic carbocycles. The van der Waals surface area contributed by atoms with Gasteiger partial charge in [-0.3, -0.25) is 9.59 Å². The van der Waals surface area contributed by atoms with Crippen LogP contribution in [0.3, 0.4) is 0 Å². The Kier molecular flexibility index (Phi) is 4.79. The van der Waals surface area contributed by atoms with E-state index in [1.54, 1.807) is 18.2 Å². The summed E-state index contributed by atoms with van der Waals surface area (Å²) in [6.45, 7) is 1.82. The van der Waals surface area contributed by atoms with E-state index in [2.05, 4.69) is 10.6 Å². The molecule has 130 valence electrons. The van der Waals surface area contributed by atoms with Crippen LogP contribution in [0.1, 0.15) is 16.7 Å². The van der Waals surface area contributed by atoms with Crippen molar-refractivity contribution in [1.82, 2.24) is 5.32 Å². The van der Waals surface area contributed by atoms with Gasteiger partial charge in [0.1, 0.15) is 0 Å². The van der Waals surface area contributed by atoms with Crippen molar-refractivity contribution in [3.8, 4) is 0 Å². The number of anilines is 1. The zero-order chi connectivity index (χ0) is 18.0. The van der Waals surface area contributed by atoms with E-state index in [1.165, 1.54) is 0 Å². The summed E-state index contributed by atoms with van der Waals surface area (Å²) < 4.78 is 0. The number of fused-ring (bicyclic) bond motifs is 1. The second-order valence-electron chi connectivity index (χ2n) is 6.44. The minimum atomic E-state index is -1.06. The highest BCUT2D eigenvalue weighted by Gasteiger charge is 2.35. The van der Waals surface area contributed by atoms with Crippen LogP contribution in [0.5, 0.6) is 0 Å². The van der Waals surface area contributed by atoms with Crippen LogP contribution in [-0.4, -0.2) is 29.1 Å². The van der Waals surface area contributed by atoms with Gasteiger partial charge in [-0.25, -0.2) is 0 Å². The predicted molar refractivity (Wildman–Crippen MR) is 96.6 cm³/mol. The van der Waals surface area contributed by atoms with Crippen LogP contribution in [0.25, 0.3) is 0 Å². The van der Waals surface area contributed by atoms with Crippen molar-refractivity contribution < 1.29 is 14.7 Å². The average molecular weight is 359 g/mol. The molecular weight excluding hydrogens is 340 g/mol. The maximum atomic E-state index is 12.1. The van der Waals surface area contributed by atoms with Gasteiger partial charge in [0.2, 0.25) is 0 Å². The zero-order valence-electron chi connectivity index (χ0n) is 13.8. The molecule has 1 aliphatic rings. The van der Waals surface area contributed by atoms with Gasteiger partial charge in [0.25, 0.3) is 0 Å². The normalized spacial score (nSPS) is 14.7. The molecule has 0 heterocycles. The summed E-state index contributed by atoms with van der Waals surface area (Å²) in [6.07, 6.45) is 0.914. The van der Waals surface area contributed by atoms with Gasteiger partial charge in [-0.2, -0.15) is 0 Å². The van der Waals surface area contributed by atoms with E-state index in [-0.39, 0.29) is 6.54 Å². The molecule has 2 aromatic rings. The average Bonchev–Trinajstić information content (AvgIpc) is 2.92. The number of benzene rings is 2. The highest BCUT2D eigenvalue weighted by atomic mass is 35.5. The maximum Gasteiger partial charge on any atom is 0.313 e. The van der Waals surface area contributed by atoms with Gasteiger partial charge in [0.15, 0.2) is 0 Å². The first-order valence-corrected chi connectivity index (χ1v) is 8.39. The lowest BCUT2D eigenvalue weighted by atomic mass is 10.0. The van der Waals surface area contributed by atoms with Crippen LogP contribution in [0, 0.1) is 6.92 Å². The van der Waals surface area contributed by atoms with Gasteiger partial charge < -0.3 is 15.7 Å². The molecule has 0 spiro atoms. The fraction of sp³-hybridized carbons (Fsp3) is 0.263. The summed E-state index contributed by atoms with van der Waals surface area (Å²) in [4.78, 5) is 24.1. The number of carbonyl (C=O) groups is 2. The van der Waals surface area contributed by atoms with Crippen molar-refractivity contribution in [2.45, 2.75) is 25.4 Å². The van der Waals surface area contributed by atoms with Crippen LogP contribution in [0.15, 0.2) is 42.5 Å². The molecule has 25 heavy (non-hydrogen) atoms. The fourth-order valence-electron chi connectivity index (χ4n) is 3.03. The second kappa shape index (κ2) is 6.86. The van der Waals surface area contributed by atoms with Gasteiger partial charge in [-0.05, 0) is 35.7 Å². The Hall–Kier alpha value is -2.37. The fourth-order valence-corrected chi connectivity index (χ4v) is 3.20. The third-order valence-electron chi connectivity index (χ3n) is 4.39. The summed E-state index contributed by atoms with van der Waals surface area (Å²) in [5, 5.41) is 16.2. The molecule has 0 saturated heterocycles. The molecule has 0 unspecified atom stereocenters. The molecule has 3 N–H and O–H groups in total. The summed E-state index contributed by atoms with van der Waals surface area (Å²) in [6, 6.07) is 12.8. The minimum Gasteiger partial charge on any atom is -0.387 e. The zero-order valence-corrected chi connectivity index (χ0v) is 14.6. The Morgan fingerprint density at radius 2 is 1.76 bits per heavy atom. The van der Waals surface area contributed by atoms with Gasteiger partial charge in [-0.1, -0.05) is 41.9 Å². The lowest BCUT2D eigenvalue weighted by molar-refractivity contribution is -0.136. The first kappa shape index (κ1) is 17.5. The third kappa shape index (κ3) is 4.00. The smallest absolute Gasteiger partial charge is 0.313 e. The minimum absolute atomic E-state index is 0.0163. The molecule has 0 bridgehead atoms. The van der Waals surface area contributed by atoms with E-state index in [9.17, 15) is 14.7 Å². The number of rotatable bonds is 3. The van der Waals surface area contributed by atoms with Crippen LogP contribution < -0.4 is 10.6 Å². The number of hydrogen-bond donors (Lipinski definition) is 3. The first-order valence-electron chi connectivity index (χ1n) is 8.01. The van der Waals surface area contributed by atoms with Gasteiger partial charge in [0, 0.05) is 30.1 Å². The predicted octanol–water partition coefficient (Wildman–Crippen LogP) is 2.23. The number of aryl methyl sites for hydroxylation is 1. The van der Waals surface area contributed by atoms with E-state index in [0.29, 0.717) is 23.6 Å². The van der Waals surface area contributed by atoms with Gasteiger partial charge >= 0.3 is 11.8 Å². The quantitative estimate of drug-likeness (QED) is 0.736. The molecule has 2 amide bonds. The van der Waals surface area contributed by atoms with Crippen LogP contribution >= 0.6 is 11.6 Å². The molecule has 6 heteroatoms. The Morgan fingerprint density at radius 3 is 2.40 bits per heavy atom. The van der Waals surface area contributed by atoms with Gasteiger partial charge in [-0.15, -0.1) is 0 Å². The van der Waals surface area contributed by atoms with Crippen molar-refractivity contribution in [1.29, 1.82) is 0 Å². The standard InChI is InChI=1S/C19H19ClN2O3/c1-12-6-7-15(20)8-16(12)22-18(24)17(23)21-11-19(25)9-13-4-2-3-5-14(13)10-19/h2-8,25H,9-11H2,1H3,(H,21,23)(H,22,24). The molecule has 0 radical (unpaired) electrons. The largest absolute Gasteiger partial charge is 0.387 e. The number of hydrogen-bond acceptors (Lipinski definition) is 3. The van der Waals surface area contributed by atoms with E-state index in [0.717, 1.165) is 16.7 Å². The molecule has 3 rings (SSSR count). The van der Waals surface area contributed by atoms with Crippen molar-refractivity contribution in [3.63, 3.8) is 0 Å². The highest BCUT2D eigenvalue weighted by Crippen LogP contribution is 2.29. The topological polar surface area (TPSA) is 78.4 Å². The van der Waals surface area contributed by atoms with Crippen molar-refractivity contribution in [2.24, 2.45) is 0 Å². The molecule has 5 nitrogen and oxygen atoms in total. The molecular formula is C19H19ClN2O3.